The number of carbonyl (C=O) groups is 1. The maximum atomic E-state index is 12.3. The van der Waals surface area contributed by atoms with Crippen LogP contribution in [0.4, 0.5) is 13.2 Å². The molecule has 0 aromatic heterocycles. The molecule has 1 aliphatic heterocycles. The van der Waals surface area contributed by atoms with Crippen LogP contribution in [0.25, 0.3) is 6.08 Å². The van der Waals surface area contributed by atoms with Crippen LogP contribution in [-0.4, -0.2) is 36.3 Å². The Morgan fingerprint density at radius 1 is 1.38 bits per heavy atom. The largest absolute Gasteiger partial charge is 0.573 e. The molecular formula is C14H15F3N2O2. The zero-order valence-electron chi connectivity index (χ0n) is 11.1. The normalized spacial score (nSPS) is 19.2. The molecule has 1 heterocycles. The SMILES string of the molecule is NC1CCN(C(=O)C=Cc2ccccc2OC(F)(F)F)C1. The first-order chi connectivity index (χ1) is 9.85. The van der Waals surface area contributed by atoms with Gasteiger partial charge in [0.05, 0.1) is 0 Å². The number of carbonyl (C=O) groups excluding carboxylic acids is 1. The maximum absolute atomic E-state index is 12.3. The molecule has 114 valence electrons. The lowest BCUT2D eigenvalue weighted by atomic mass is 10.2. The molecule has 0 bridgehead atoms. The predicted octanol–water partition coefficient (Wildman–Crippen LogP) is 2.16. The van der Waals surface area contributed by atoms with Gasteiger partial charge >= 0.3 is 6.36 Å². The van der Waals surface area contributed by atoms with E-state index in [1.807, 2.05) is 0 Å². The molecule has 0 saturated carbocycles. The molecule has 1 fully saturated rings. The average Bonchev–Trinajstić information content (AvgIpc) is 2.82. The Hall–Kier alpha value is -2.02. The lowest BCUT2D eigenvalue weighted by Crippen LogP contribution is -2.30. The van der Waals surface area contributed by atoms with Gasteiger partial charge in [0.25, 0.3) is 0 Å². The van der Waals surface area contributed by atoms with Crippen LogP contribution in [0.1, 0.15) is 12.0 Å². The second-order valence-corrected chi connectivity index (χ2v) is 4.75. The fourth-order valence-electron chi connectivity index (χ4n) is 2.09. The number of alkyl halides is 3. The van der Waals surface area contributed by atoms with Crippen molar-refractivity contribution in [3.8, 4) is 5.75 Å². The molecule has 1 aliphatic rings. The van der Waals surface area contributed by atoms with Gasteiger partial charge in [-0.1, -0.05) is 18.2 Å². The lowest BCUT2D eigenvalue weighted by Gasteiger charge is -2.13. The number of hydrogen-bond donors (Lipinski definition) is 1. The molecule has 0 aliphatic carbocycles. The number of amides is 1. The van der Waals surface area contributed by atoms with E-state index >= 15 is 0 Å². The summed E-state index contributed by atoms with van der Waals surface area (Å²) >= 11 is 0. The van der Waals surface area contributed by atoms with Gasteiger partial charge in [0, 0.05) is 30.8 Å². The van der Waals surface area contributed by atoms with Crippen molar-refractivity contribution in [3.05, 3.63) is 35.9 Å². The molecule has 1 aromatic carbocycles. The second kappa shape index (κ2) is 6.17. The van der Waals surface area contributed by atoms with Gasteiger partial charge in [-0.15, -0.1) is 13.2 Å². The highest BCUT2D eigenvalue weighted by molar-refractivity contribution is 5.92. The summed E-state index contributed by atoms with van der Waals surface area (Å²) in [6.45, 7) is 1.02. The van der Waals surface area contributed by atoms with Crippen molar-refractivity contribution in [2.75, 3.05) is 13.1 Å². The van der Waals surface area contributed by atoms with E-state index in [4.69, 9.17) is 5.73 Å². The molecule has 7 heteroatoms. The fraction of sp³-hybridized carbons (Fsp3) is 0.357. The van der Waals surface area contributed by atoms with Crippen LogP contribution in [0.5, 0.6) is 5.75 Å². The Labute approximate surface area is 120 Å². The lowest BCUT2D eigenvalue weighted by molar-refractivity contribution is -0.274. The Bertz CT molecular complexity index is 543. The van der Waals surface area contributed by atoms with Crippen LogP contribution in [-0.2, 0) is 4.79 Å². The number of likely N-dealkylation sites (tertiary alicyclic amines) is 1. The summed E-state index contributed by atoms with van der Waals surface area (Å²) in [6.07, 6.45) is -1.49. The summed E-state index contributed by atoms with van der Waals surface area (Å²) in [7, 11) is 0. The van der Waals surface area contributed by atoms with E-state index in [2.05, 4.69) is 4.74 Å². The number of halogens is 3. The molecule has 1 atom stereocenters. The van der Waals surface area contributed by atoms with Crippen molar-refractivity contribution in [3.63, 3.8) is 0 Å². The number of benzene rings is 1. The van der Waals surface area contributed by atoms with E-state index in [1.165, 1.54) is 30.4 Å². The van der Waals surface area contributed by atoms with E-state index in [0.29, 0.717) is 13.1 Å². The first kappa shape index (κ1) is 15.4. The van der Waals surface area contributed by atoms with Crippen molar-refractivity contribution in [1.82, 2.24) is 4.90 Å². The standard InChI is InChI=1S/C14H15F3N2O2/c15-14(16,17)21-12-4-2-1-3-10(12)5-6-13(20)19-8-7-11(18)9-19/h1-6,11H,7-9,18H2. The van der Waals surface area contributed by atoms with E-state index in [1.54, 1.807) is 11.0 Å². The first-order valence-electron chi connectivity index (χ1n) is 6.42. The van der Waals surface area contributed by atoms with Crippen LogP contribution in [0, 0.1) is 0 Å². The maximum Gasteiger partial charge on any atom is 0.573 e. The van der Waals surface area contributed by atoms with Gasteiger partial charge in [-0.2, -0.15) is 0 Å². The third-order valence-corrected chi connectivity index (χ3v) is 3.09. The molecule has 1 unspecified atom stereocenters. The number of nitrogens with two attached hydrogens (primary N) is 1. The van der Waals surface area contributed by atoms with Crippen molar-refractivity contribution in [2.45, 2.75) is 18.8 Å². The molecule has 21 heavy (non-hydrogen) atoms. The minimum atomic E-state index is -4.77. The van der Waals surface area contributed by atoms with Crippen LogP contribution in [0.15, 0.2) is 30.3 Å². The van der Waals surface area contributed by atoms with E-state index in [-0.39, 0.29) is 23.3 Å². The monoisotopic (exact) mass is 300 g/mol. The Morgan fingerprint density at radius 2 is 2.10 bits per heavy atom. The van der Waals surface area contributed by atoms with Crippen molar-refractivity contribution in [2.24, 2.45) is 5.73 Å². The highest BCUT2D eigenvalue weighted by Crippen LogP contribution is 2.27. The van der Waals surface area contributed by atoms with Gasteiger partial charge in [-0.05, 0) is 18.6 Å². The summed E-state index contributed by atoms with van der Waals surface area (Å²) in [6, 6.07) is 5.60. The number of rotatable bonds is 3. The van der Waals surface area contributed by atoms with Gasteiger partial charge in [0.1, 0.15) is 5.75 Å². The Balaban J connectivity index is 2.08. The third kappa shape index (κ3) is 4.49. The van der Waals surface area contributed by atoms with Crippen LogP contribution in [0.2, 0.25) is 0 Å². The zero-order valence-corrected chi connectivity index (χ0v) is 11.1. The number of hydrogen-bond acceptors (Lipinski definition) is 3. The predicted molar refractivity (Wildman–Crippen MR) is 71.3 cm³/mol. The highest BCUT2D eigenvalue weighted by Gasteiger charge is 2.31. The van der Waals surface area contributed by atoms with Crippen LogP contribution < -0.4 is 10.5 Å². The van der Waals surface area contributed by atoms with Crippen molar-refractivity contribution < 1.29 is 22.7 Å². The van der Waals surface area contributed by atoms with Gasteiger partial charge < -0.3 is 15.4 Å². The van der Waals surface area contributed by atoms with Crippen LogP contribution in [0.3, 0.4) is 0 Å². The minimum absolute atomic E-state index is 0.0387. The van der Waals surface area contributed by atoms with Gasteiger partial charge in [-0.25, -0.2) is 0 Å². The summed E-state index contributed by atoms with van der Waals surface area (Å²) in [4.78, 5) is 13.4. The number of nitrogens with zero attached hydrogens (tertiary/aromatic N) is 1. The molecule has 2 N–H and O–H groups in total. The molecule has 0 radical (unpaired) electrons. The molecule has 1 amide bonds. The summed E-state index contributed by atoms with van der Waals surface area (Å²) < 4.78 is 40.7. The van der Waals surface area contributed by atoms with E-state index in [9.17, 15) is 18.0 Å². The quantitative estimate of drug-likeness (QED) is 0.870. The molecule has 2 rings (SSSR count). The fourth-order valence-corrected chi connectivity index (χ4v) is 2.09. The van der Waals surface area contributed by atoms with Crippen molar-refractivity contribution >= 4 is 12.0 Å². The van der Waals surface area contributed by atoms with Gasteiger partial charge in [0.15, 0.2) is 0 Å². The topological polar surface area (TPSA) is 55.6 Å². The smallest absolute Gasteiger partial charge is 0.405 e. The van der Waals surface area contributed by atoms with E-state index in [0.717, 1.165) is 6.42 Å². The van der Waals surface area contributed by atoms with Crippen LogP contribution >= 0.6 is 0 Å². The average molecular weight is 300 g/mol. The number of para-hydroxylation sites is 1. The zero-order chi connectivity index (χ0) is 15.5. The highest BCUT2D eigenvalue weighted by atomic mass is 19.4. The Kier molecular flexibility index (Phi) is 4.52. The Morgan fingerprint density at radius 3 is 2.71 bits per heavy atom. The third-order valence-electron chi connectivity index (χ3n) is 3.09. The van der Waals surface area contributed by atoms with Gasteiger partial charge in [0.2, 0.25) is 5.91 Å². The molecule has 1 aromatic rings. The minimum Gasteiger partial charge on any atom is -0.405 e. The first-order valence-corrected chi connectivity index (χ1v) is 6.42. The van der Waals surface area contributed by atoms with Crippen molar-refractivity contribution in [1.29, 1.82) is 0 Å². The molecular weight excluding hydrogens is 285 g/mol. The van der Waals surface area contributed by atoms with Gasteiger partial charge in [-0.3, -0.25) is 4.79 Å². The summed E-state index contributed by atoms with van der Waals surface area (Å²) in [5.41, 5.74) is 5.89. The number of ether oxygens (including phenoxy) is 1. The van der Waals surface area contributed by atoms with E-state index < -0.39 is 6.36 Å². The second-order valence-electron chi connectivity index (χ2n) is 4.75. The molecule has 1 saturated heterocycles. The molecule has 4 nitrogen and oxygen atoms in total. The summed E-state index contributed by atoms with van der Waals surface area (Å²) in [5, 5.41) is 0. The summed E-state index contributed by atoms with van der Waals surface area (Å²) in [5.74, 6) is -0.614. The molecule has 0 spiro atoms.